The van der Waals surface area contributed by atoms with Gasteiger partial charge in [0.25, 0.3) is 0 Å². The SMILES string of the molecule is COc1ccc2nc(SC3CCCCNC3=O)[nH]c2c1. The van der Waals surface area contributed by atoms with Gasteiger partial charge in [-0.05, 0) is 25.0 Å². The van der Waals surface area contributed by atoms with Crippen molar-refractivity contribution in [2.24, 2.45) is 0 Å². The molecule has 1 aromatic carbocycles. The quantitative estimate of drug-likeness (QED) is 0.911. The number of carbonyl (C=O) groups excluding carboxylic acids is 1. The lowest BCUT2D eigenvalue weighted by molar-refractivity contribution is -0.120. The van der Waals surface area contributed by atoms with Crippen LogP contribution in [-0.2, 0) is 4.79 Å². The molecule has 2 aromatic rings. The Morgan fingerprint density at radius 3 is 3.15 bits per heavy atom. The Hall–Kier alpha value is -1.69. The first-order chi connectivity index (χ1) is 9.76. The summed E-state index contributed by atoms with van der Waals surface area (Å²) in [6, 6.07) is 5.72. The Labute approximate surface area is 121 Å². The second-order valence-corrected chi connectivity index (χ2v) is 6.01. The highest BCUT2D eigenvalue weighted by molar-refractivity contribution is 8.00. The Bertz CT molecular complexity index is 626. The molecule has 1 fully saturated rings. The van der Waals surface area contributed by atoms with Gasteiger partial charge in [-0.1, -0.05) is 18.2 Å². The van der Waals surface area contributed by atoms with Crippen LogP contribution in [0.5, 0.6) is 5.75 Å². The van der Waals surface area contributed by atoms with E-state index < -0.39 is 0 Å². The smallest absolute Gasteiger partial charge is 0.233 e. The van der Waals surface area contributed by atoms with E-state index >= 15 is 0 Å². The van der Waals surface area contributed by atoms with E-state index in [2.05, 4.69) is 15.3 Å². The van der Waals surface area contributed by atoms with Crippen LogP contribution in [0.25, 0.3) is 11.0 Å². The number of nitrogens with zero attached hydrogens (tertiary/aromatic N) is 1. The van der Waals surface area contributed by atoms with Gasteiger partial charge < -0.3 is 15.0 Å². The van der Waals surface area contributed by atoms with E-state index in [4.69, 9.17) is 4.74 Å². The summed E-state index contributed by atoms with van der Waals surface area (Å²) < 4.78 is 5.20. The summed E-state index contributed by atoms with van der Waals surface area (Å²) in [6.45, 7) is 0.785. The number of imidazole rings is 1. The minimum absolute atomic E-state index is 0.0556. The van der Waals surface area contributed by atoms with Gasteiger partial charge in [-0.15, -0.1) is 0 Å². The molecule has 1 saturated heterocycles. The molecule has 0 bridgehead atoms. The van der Waals surface area contributed by atoms with E-state index in [1.807, 2.05) is 18.2 Å². The van der Waals surface area contributed by atoms with Crippen molar-refractivity contribution in [2.75, 3.05) is 13.7 Å². The summed E-state index contributed by atoms with van der Waals surface area (Å²) in [4.78, 5) is 19.7. The van der Waals surface area contributed by atoms with Crippen molar-refractivity contribution < 1.29 is 9.53 Å². The molecule has 5 nitrogen and oxygen atoms in total. The van der Waals surface area contributed by atoms with Crippen LogP contribution in [0.1, 0.15) is 19.3 Å². The number of methoxy groups -OCH3 is 1. The van der Waals surface area contributed by atoms with Crippen molar-refractivity contribution in [2.45, 2.75) is 29.7 Å². The number of amides is 1. The molecule has 1 unspecified atom stereocenters. The molecule has 6 heteroatoms. The lowest BCUT2D eigenvalue weighted by atomic mass is 10.2. The average molecular weight is 291 g/mol. The topological polar surface area (TPSA) is 67.0 Å². The van der Waals surface area contributed by atoms with Crippen LogP contribution in [0.15, 0.2) is 23.4 Å². The molecule has 3 rings (SSSR count). The Balaban J connectivity index is 1.81. The van der Waals surface area contributed by atoms with Gasteiger partial charge in [-0.2, -0.15) is 0 Å². The Kier molecular flexibility index (Phi) is 3.82. The second-order valence-electron chi connectivity index (χ2n) is 4.82. The van der Waals surface area contributed by atoms with Crippen molar-refractivity contribution >= 4 is 28.7 Å². The molecular formula is C14H17N3O2S. The van der Waals surface area contributed by atoms with E-state index in [0.29, 0.717) is 0 Å². The molecule has 1 atom stereocenters. The van der Waals surface area contributed by atoms with Crippen LogP contribution >= 0.6 is 11.8 Å². The zero-order valence-corrected chi connectivity index (χ0v) is 12.1. The molecule has 0 saturated carbocycles. The first kappa shape index (κ1) is 13.3. The average Bonchev–Trinajstić information content (AvgIpc) is 2.75. The number of hydrogen-bond acceptors (Lipinski definition) is 4. The van der Waals surface area contributed by atoms with Crippen LogP contribution in [0.2, 0.25) is 0 Å². The maximum Gasteiger partial charge on any atom is 0.233 e. The van der Waals surface area contributed by atoms with Crippen LogP contribution in [0, 0.1) is 0 Å². The van der Waals surface area contributed by atoms with E-state index in [1.54, 1.807) is 7.11 Å². The van der Waals surface area contributed by atoms with Gasteiger partial charge in [0.2, 0.25) is 5.91 Å². The van der Waals surface area contributed by atoms with Crippen molar-refractivity contribution in [1.29, 1.82) is 0 Å². The Morgan fingerprint density at radius 2 is 2.30 bits per heavy atom. The molecule has 0 radical (unpaired) electrons. The summed E-state index contributed by atoms with van der Waals surface area (Å²) in [5.41, 5.74) is 1.82. The van der Waals surface area contributed by atoms with Gasteiger partial charge in [0, 0.05) is 12.6 Å². The number of carbonyl (C=O) groups is 1. The minimum atomic E-state index is -0.0556. The Morgan fingerprint density at radius 1 is 1.40 bits per heavy atom. The molecule has 1 amide bonds. The van der Waals surface area contributed by atoms with E-state index in [9.17, 15) is 4.79 Å². The third kappa shape index (κ3) is 2.75. The summed E-state index contributed by atoms with van der Waals surface area (Å²) >= 11 is 1.51. The zero-order chi connectivity index (χ0) is 13.9. The van der Waals surface area contributed by atoms with Crippen LogP contribution in [0.3, 0.4) is 0 Å². The second kappa shape index (κ2) is 5.75. The first-order valence-corrected chi connectivity index (χ1v) is 7.62. The number of hydrogen-bond donors (Lipinski definition) is 2. The van der Waals surface area contributed by atoms with Gasteiger partial charge in [0.05, 0.1) is 23.4 Å². The maximum atomic E-state index is 11.9. The van der Waals surface area contributed by atoms with E-state index in [-0.39, 0.29) is 11.2 Å². The summed E-state index contributed by atoms with van der Waals surface area (Å²) in [6.07, 6.45) is 3.03. The molecule has 2 heterocycles. The van der Waals surface area contributed by atoms with Gasteiger partial charge in [-0.25, -0.2) is 4.98 Å². The largest absolute Gasteiger partial charge is 0.497 e. The molecule has 1 aliphatic heterocycles. The van der Waals surface area contributed by atoms with Crippen molar-refractivity contribution in [3.63, 3.8) is 0 Å². The van der Waals surface area contributed by atoms with Crippen LogP contribution < -0.4 is 10.1 Å². The monoisotopic (exact) mass is 291 g/mol. The molecular weight excluding hydrogens is 274 g/mol. The predicted molar refractivity (Wildman–Crippen MR) is 79.2 cm³/mol. The number of aromatic nitrogens is 2. The molecule has 106 valence electrons. The zero-order valence-electron chi connectivity index (χ0n) is 11.3. The van der Waals surface area contributed by atoms with Crippen molar-refractivity contribution in [3.8, 4) is 5.75 Å². The standard InChI is InChI=1S/C14H17N3O2S/c1-19-9-5-6-10-11(8-9)17-14(16-10)20-12-4-2-3-7-15-13(12)18/h5-6,8,12H,2-4,7H2,1H3,(H,15,18)(H,16,17). The molecule has 1 aliphatic rings. The molecule has 2 N–H and O–H groups in total. The highest BCUT2D eigenvalue weighted by atomic mass is 32.2. The van der Waals surface area contributed by atoms with Crippen molar-refractivity contribution in [3.05, 3.63) is 18.2 Å². The van der Waals surface area contributed by atoms with Gasteiger partial charge >= 0.3 is 0 Å². The fourth-order valence-corrected chi connectivity index (χ4v) is 3.37. The lowest BCUT2D eigenvalue weighted by Gasteiger charge is -2.10. The number of nitrogens with one attached hydrogen (secondary N) is 2. The predicted octanol–water partition coefficient (Wildman–Crippen LogP) is 2.33. The fourth-order valence-electron chi connectivity index (χ4n) is 2.31. The fraction of sp³-hybridized carbons (Fsp3) is 0.429. The highest BCUT2D eigenvalue weighted by Gasteiger charge is 2.23. The molecule has 1 aromatic heterocycles. The van der Waals surface area contributed by atoms with E-state index in [0.717, 1.165) is 47.7 Å². The number of thioether (sulfide) groups is 1. The summed E-state index contributed by atoms with van der Waals surface area (Å²) in [5.74, 6) is 0.912. The number of H-pyrrole nitrogens is 1. The van der Waals surface area contributed by atoms with Gasteiger partial charge in [0.15, 0.2) is 5.16 Å². The highest BCUT2D eigenvalue weighted by Crippen LogP contribution is 2.28. The molecule has 20 heavy (non-hydrogen) atoms. The third-order valence-corrected chi connectivity index (χ3v) is 4.56. The number of benzene rings is 1. The lowest BCUT2D eigenvalue weighted by Crippen LogP contribution is -2.30. The van der Waals surface area contributed by atoms with Crippen LogP contribution in [-0.4, -0.2) is 34.8 Å². The summed E-state index contributed by atoms with van der Waals surface area (Å²) in [7, 11) is 1.64. The van der Waals surface area contributed by atoms with Crippen LogP contribution in [0.4, 0.5) is 0 Å². The number of aromatic amines is 1. The normalized spacial score (nSPS) is 19.6. The summed E-state index contributed by atoms with van der Waals surface area (Å²) in [5, 5.41) is 3.68. The number of ether oxygens (including phenoxy) is 1. The number of rotatable bonds is 3. The first-order valence-electron chi connectivity index (χ1n) is 6.74. The molecule has 0 aliphatic carbocycles. The van der Waals surface area contributed by atoms with Crippen molar-refractivity contribution in [1.82, 2.24) is 15.3 Å². The van der Waals surface area contributed by atoms with Gasteiger partial charge in [0.1, 0.15) is 5.75 Å². The van der Waals surface area contributed by atoms with E-state index in [1.165, 1.54) is 11.8 Å². The van der Waals surface area contributed by atoms with Gasteiger partial charge in [-0.3, -0.25) is 4.79 Å². The number of fused-ring (bicyclic) bond motifs is 1. The third-order valence-electron chi connectivity index (χ3n) is 3.41. The maximum absolute atomic E-state index is 11.9. The minimum Gasteiger partial charge on any atom is -0.497 e. The molecule has 0 spiro atoms.